The van der Waals surface area contributed by atoms with Gasteiger partial charge in [0.15, 0.2) is 5.82 Å². The summed E-state index contributed by atoms with van der Waals surface area (Å²) in [5.41, 5.74) is 8.15. The Morgan fingerprint density at radius 3 is 2.19 bits per heavy atom. The Morgan fingerprint density at radius 2 is 1.54 bits per heavy atom. The summed E-state index contributed by atoms with van der Waals surface area (Å²) in [4.78, 5) is 22.1. The fourth-order valence-corrected chi connectivity index (χ4v) is 5.25. The lowest BCUT2D eigenvalue weighted by molar-refractivity contribution is -0.131. The molecular formula is C28H43N7O2. The van der Waals surface area contributed by atoms with Crippen LogP contribution in [0.3, 0.4) is 0 Å². The molecule has 0 atom stereocenters. The number of piperazine rings is 2. The number of unbranched alkanes of at least 4 members (excludes halogenated alkanes) is 3. The Labute approximate surface area is 221 Å². The molecule has 1 amide bonds. The molecule has 9 nitrogen and oxygen atoms in total. The van der Waals surface area contributed by atoms with E-state index in [1.54, 1.807) is 12.1 Å². The molecule has 0 saturated carbocycles. The van der Waals surface area contributed by atoms with Crippen molar-refractivity contribution in [1.29, 1.82) is 0 Å². The van der Waals surface area contributed by atoms with Crippen molar-refractivity contribution in [2.45, 2.75) is 45.4 Å². The second-order valence-corrected chi connectivity index (χ2v) is 10.2. The number of anilines is 2. The maximum Gasteiger partial charge on any atom is 0.222 e. The van der Waals surface area contributed by atoms with E-state index >= 15 is 0 Å². The van der Waals surface area contributed by atoms with Gasteiger partial charge in [-0.2, -0.15) is 0 Å². The fourth-order valence-electron chi connectivity index (χ4n) is 5.25. The molecule has 2 fully saturated rings. The zero-order valence-electron chi connectivity index (χ0n) is 22.3. The number of phenols is 1. The number of para-hydroxylation sites is 1. The van der Waals surface area contributed by atoms with Gasteiger partial charge in [-0.15, -0.1) is 10.2 Å². The van der Waals surface area contributed by atoms with Gasteiger partial charge in [0.2, 0.25) is 5.91 Å². The lowest BCUT2D eigenvalue weighted by Gasteiger charge is -2.36. The zero-order chi connectivity index (χ0) is 26.0. The molecule has 2 aliphatic rings. The molecule has 37 heavy (non-hydrogen) atoms. The smallest absolute Gasteiger partial charge is 0.222 e. The van der Waals surface area contributed by atoms with E-state index in [9.17, 15) is 9.90 Å². The highest BCUT2D eigenvalue weighted by atomic mass is 16.3. The Kier molecular flexibility index (Phi) is 9.96. The lowest BCUT2D eigenvalue weighted by atomic mass is 10.1. The van der Waals surface area contributed by atoms with Gasteiger partial charge in [0.1, 0.15) is 5.75 Å². The van der Waals surface area contributed by atoms with Crippen LogP contribution in [0.25, 0.3) is 11.3 Å². The summed E-state index contributed by atoms with van der Waals surface area (Å²) in [5.74, 6) is 0.768. The summed E-state index contributed by atoms with van der Waals surface area (Å²) in [6.45, 7) is 12.0. The highest BCUT2D eigenvalue weighted by Gasteiger charge is 2.24. The quantitative estimate of drug-likeness (QED) is 0.446. The summed E-state index contributed by atoms with van der Waals surface area (Å²) < 4.78 is 0. The molecule has 1 aromatic heterocycles. The monoisotopic (exact) mass is 509 g/mol. The van der Waals surface area contributed by atoms with Gasteiger partial charge in [0.25, 0.3) is 0 Å². The molecule has 0 aliphatic carbocycles. The van der Waals surface area contributed by atoms with Crippen LogP contribution in [-0.2, 0) is 4.79 Å². The number of aromatic nitrogens is 2. The Bertz CT molecular complexity index is 1000. The number of carbonyl (C=O) groups excluding carboxylic acids is 1. The van der Waals surface area contributed by atoms with Gasteiger partial charge >= 0.3 is 0 Å². The van der Waals surface area contributed by atoms with Crippen molar-refractivity contribution in [3.8, 4) is 17.0 Å². The van der Waals surface area contributed by atoms with Gasteiger partial charge < -0.3 is 30.4 Å². The highest BCUT2D eigenvalue weighted by molar-refractivity contribution is 5.77. The molecule has 1 aromatic carbocycles. The van der Waals surface area contributed by atoms with Crippen LogP contribution in [0.1, 0.15) is 45.4 Å². The largest absolute Gasteiger partial charge is 0.507 e. The van der Waals surface area contributed by atoms with Crippen molar-refractivity contribution in [3.63, 3.8) is 0 Å². The maximum atomic E-state index is 12.8. The molecule has 2 aliphatic heterocycles. The zero-order valence-corrected chi connectivity index (χ0v) is 22.3. The van der Waals surface area contributed by atoms with Gasteiger partial charge in [-0.05, 0) is 50.6 Å². The summed E-state index contributed by atoms with van der Waals surface area (Å²) in [6.07, 6.45) is 6.58. The number of rotatable bonds is 11. The van der Waals surface area contributed by atoms with E-state index in [4.69, 9.17) is 5.73 Å². The van der Waals surface area contributed by atoms with Crippen LogP contribution in [-0.4, -0.2) is 101 Å². The summed E-state index contributed by atoms with van der Waals surface area (Å²) in [5, 5.41) is 18.5. The van der Waals surface area contributed by atoms with E-state index in [0.29, 0.717) is 49.7 Å². The molecule has 4 rings (SSSR count). The van der Waals surface area contributed by atoms with Crippen molar-refractivity contribution in [3.05, 3.63) is 30.3 Å². The molecule has 2 saturated heterocycles. The third-order valence-electron chi connectivity index (χ3n) is 7.61. The van der Waals surface area contributed by atoms with E-state index < -0.39 is 0 Å². The van der Waals surface area contributed by atoms with Gasteiger partial charge in [0.05, 0.1) is 11.4 Å². The minimum Gasteiger partial charge on any atom is -0.507 e. The third-order valence-corrected chi connectivity index (χ3v) is 7.61. The number of hydrogen-bond donors (Lipinski definition) is 2. The van der Waals surface area contributed by atoms with Crippen molar-refractivity contribution in [2.24, 2.45) is 0 Å². The third kappa shape index (κ3) is 7.55. The number of phenolic OH excluding ortho intramolecular Hbond substituents is 1. The van der Waals surface area contributed by atoms with Crippen LogP contribution in [0.5, 0.6) is 5.75 Å². The van der Waals surface area contributed by atoms with Gasteiger partial charge in [-0.25, -0.2) is 0 Å². The van der Waals surface area contributed by atoms with Crippen LogP contribution >= 0.6 is 0 Å². The normalized spacial score (nSPS) is 17.3. The van der Waals surface area contributed by atoms with Crippen molar-refractivity contribution in [1.82, 2.24) is 24.9 Å². The molecule has 9 heteroatoms. The molecule has 0 radical (unpaired) electrons. The van der Waals surface area contributed by atoms with Crippen LogP contribution in [0.4, 0.5) is 11.5 Å². The average Bonchev–Trinajstić information content (AvgIpc) is 2.93. The molecule has 202 valence electrons. The SMILES string of the molecule is CCCCCN1CCN(CCCCC(=O)N2CCN(c3cc(-c4ccccc4O)nnc3N)CC2)CC1. The number of aromatic hydroxyl groups is 1. The first-order chi connectivity index (χ1) is 18.0. The minimum atomic E-state index is 0.160. The fraction of sp³-hybridized carbons (Fsp3) is 0.607. The Morgan fingerprint density at radius 1 is 0.892 bits per heavy atom. The van der Waals surface area contributed by atoms with Crippen molar-refractivity contribution >= 4 is 17.4 Å². The number of benzene rings is 1. The number of nitrogens with zero attached hydrogens (tertiary/aromatic N) is 6. The lowest BCUT2D eigenvalue weighted by Crippen LogP contribution is -2.49. The van der Waals surface area contributed by atoms with Gasteiger partial charge in [-0.3, -0.25) is 4.79 Å². The van der Waals surface area contributed by atoms with E-state index in [-0.39, 0.29) is 11.7 Å². The number of carbonyl (C=O) groups is 1. The van der Waals surface area contributed by atoms with E-state index in [1.165, 1.54) is 38.9 Å². The molecule has 0 bridgehead atoms. The Hall–Kier alpha value is -2.91. The summed E-state index contributed by atoms with van der Waals surface area (Å²) >= 11 is 0. The van der Waals surface area contributed by atoms with Crippen molar-refractivity contribution < 1.29 is 9.90 Å². The first-order valence-corrected chi connectivity index (χ1v) is 13.9. The number of nitrogens with two attached hydrogens (primary N) is 1. The van der Waals surface area contributed by atoms with Crippen LogP contribution < -0.4 is 10.6 Å². The van der Waals surface area contributed by atoms with Crippen molar-refractivity contribution in [2.75, 3.05) is 76.1 Å². The molecule has 3 heterocycles. The average molecular weight is 510 g/mol. The number of nitrogen functional groups attached to an aromatic ring is 1. The first kappa shape index (κ1) is 27.1. The standard InChI is InChI=1S/C28H43N7O2/c1-2-3-7-12-32-14-16-33(17-15-32)13-8-6-11-27(37)35-20-18-34(19-21-35)25-22-24(30-31-28(25)29)23-9-4-5-10-26(23)36/h4-5,9-10,22,36H,2-3,6-8,11-21H2,1H3,(H2,29,31). The summed E-state index contributed by atoms with van der Waals surface area (Å²) in [6, 6.07) is 8.95. The molecule has 0 spiro atoms. The molecule has 2 aromatic rings. The van der Waals surface area contributed by atoms with E-state index in [0.717, 1.165) is 38.2 Å². The second-order valence-electron chi connectivity index (χ2n) is 10.2. The first-order valence-electron chi connectivity index (χ1n) is 13.9. The maximum absolute atomic E-state index is 12.8. The predicted molar refractivity (Wildman–Crippen MR) is 149 cm³/mol. The van der Waals surface area contributed by atoms with Crippen LogP contribution in [0.2, 0.25) is 0 Å². The van der Waals surface area contributed by atoms with E-state index in [2.05, 4.69) is 31.8 Å². The van der Waals surface area contributed by atoms with Crippen LogP contribution in [0.15, 0.2) is 30.3 Å². The molecule has 3 N–H and O–H groups in total. The highest BCUT2D eigenvalue weighted by Crippen LogP contribution is 2.31. The topological polar surface area (TPSA) is 102 Å². The second kappa shape index (κ2) is 13.6. The van der Waals surface area contributed by atoms with Gasteiger partial charge in [-0.1, -0.05) is 31.9 Å². The summed E-state index contributed by atoms with van der Waals surface area (Å²) in [7, 11) is 0. The predicted octanol–water partition coefficient (Wildman–Crippen LogP) is 3.06. The van der Waals surface area contributed by atoms with Gasteiger partial charge in [0, 0.05) is 64.3 Å². The van der Waals surface area contributed by atoms with Crippen LogP contribution in [0, 0.1) is 0 Å². The Balaban J connectivity index is 1.17. The van der Waals surface area contributed by atoms with E-state index in [1.807, 2.05) is 23.1 Å². The molecular weight excluding hydrogens is 466 g/mol. The molecule has 0 unspecified atom stereocenters. The number of amides is 1. The minimum absolute atomic E-state index is 0.160. The number of hydrogen-bond acceptors (Lipinski definition) is 8.